The smallest absolute Gasteiger partial charge is 0.151 e. The van der Waals surface area contributed by atoms with E-state index in [0.717, 1.165) is 28.6 Å². The Balaban J connectivity index is 0.000000248. The molecule has 0 aliphatic heterocycles. The van der Waals surface area contributed by atoms with Gasteiger partial charge >= 0.3 is 0 Å². The number of pyridine rings is 2. The number of aromatic nitrogens is 2. The molecule has 3 rings (SSSR count). The van der Waals surface area contributed by atoms with Gasteiger partial charge < -0.3 is 4.90 Å². The van der Waals surface area contributed by atoms with E-state index < -0.39 is 0 Å². The van der Waals surface area contributed by atoms with Gasteiger partial charge in [0.25, 0.3) is 0 Å². The van der Waals surface area contributed by atoms with Crippen LogP contribution < -0.4 is 4.90 Å². The minimum absolute atomic E-state index is 0.268. The lowest BCUT2D eigenvalue weighted by Crippen LogP contribution is -2.19. The van der Waals surface area contributed by atoms with Crippen molar-refractivity contribution in [3.63, 3.8) is 0 Å². The maximum atomic E-state index is 11.9. The zero-order valence-corrected chi connectivity index (χ0v) is 16.5. The second-order valence-electron chi connectivity index (χ2n) is 5.74. The first-order valence-electron chi connectivity index (χ1n) is 9.14. The van der Waals surface area contributed by atoms with Crippen LogP contribution in [0.3, 0.4) is 0 Å². The van der Waals surface area contributed by atoms with Gasteiger partial charge in [0.1, 0.15) is 5.82 Å². The van der Waals surface area contributed by atoms with Crippen LogP contribution in [0.25, 0.3) is 10.9 Å². The molecule has 0 unspecified atom stereocenters. The number of hydrogen-bond acceptors (Lipinski definition) is 4. The van der Waals surface area contributed by atoms with Crippen molar-refractivity contribution in [1.29, 1.82) is 0 Å². The van der Waals surface area contributed by atoms with Gasteiger partial charge in [0, 0.05) is 36.9 Å². The molecule has 0 saturated heterocycles. The molecule has 0 aliphatic carbocycles. The molecular formula is C22H28FN3O. The van der Waals surface area contributed by atoms with Crippen LogP contribution in [0, 0.1) is 6.92 Å². The molecular weight excluding hydrogens is 341 g/mol. The summed E-state index contributed by atoms with van der Waals surface area (Å²) in [4.78, 5) is 20.7. The number of para-hydroxylation sites is 1. The van der Waals surface area contributed by atoms with E-state index in [1.165, 1.54) is 0 Å². The summed E-state index contributed by atoms with van der Waals surface area (Å²) in [5.41, 5.74) is 2.68. The summed E-state index contributed by atoms with van der Waals surface area (Å²) in [6.07, 6.45) is 4.77. The third kappa shape index (κ3) is 7.52. The normalized spacial score (nSPS) is 9.52. The largest absolute Gasteiger partial charge is 0.360 e. The lowest BCUT2D eigenvalue weighted by atomic mass is 10.2. The van der Waals surface area contributed by atoms with Crippen LogP contribution in [0.2, 0.25) is 0 Å². The molecule has 1 aromatic carbocycles. The third-order valence-corrected chi connectivity index (χ3v) is 3.66. The van der Waals surface area contributed by atoms with Crippen LogP contribution in [0.1, 0.15) is 36.2 Å². The Hall–Kier alpha value is -2.82. The highest BCUT2D eigenvalue weighted by Gasteiger charge is 2.00. The molecule has 2 aromatic heterocycles. The maximum Gasteiger partial charge on any atom is 0.151 e. The van der Waals surface area contributed by atoms with Crippen molar-refractivity contribution in [1.82, 2.24) is 9.97 Å². The zero-order valence-electron chi connectivity index (χ0n) is 16.5. The van der Waals surface area contributed by atoms with Crippen molar-refractivity contribution in [2.75, 3.05) is 25.2 Å². The van der Waals surface area contributed by atoms with Crippen molar-refractivity contribution in [2.45, 2.75) is 27.2 Å². The van der Waals surface area contributed by atoms with Gasteiger partial charge in [-0.15, -0.1) is 0 Å². The average Bonchev–Trinajstić information content (AvgIpc) is 2.74. The van der Waals surface area contributed by atoms with Crippen LogP contribution >= 0.6 is 0 Å². The van der Waals surface area contributed by atoms with Gasteiger partial charge in [0.15, 0.2) is 6.29 Å². The number of halogens is 1. The van der Waals surface area contributed by atoms with Gasteiger partial charge in [-0.1, -0.05) is 38.1 Å². The number of rotatable bonds is 5. The van der Waals surface area contributed by atoms with Crippen LogP contribution in [0.4, 0.5) is 10.2 Å². The van der Waals surface area contributed by atoms with E-state index in [1.807, 2.05) is 81.4 Å². The summed E-state index contributed by atoms with van der Waals surface area (Å²) >= 11 is 0. The standard InChI is InChI=1S/C10H15FN2.C10H7NO.C2H6/c1-9-4-5-10(12-8-9)13(2)7-3-6-11;12-7-8-5-9-3-1-2-4-10(9)11-6-8;1-2/h4-5,8H,3,6-7H2,1-2H3;1-7H;1-2H3. The molecule has 0 spiro atoms. The van der Waals surface area contributed by atoms with Crippen LogP contribution in [-0.2, 0) is 0 Å². The molecule has 0 radical (unpaired) electrons. The zero-order chi connectivity index (χ0) is 20.1. The predicted molar refractivity (Wildman–Crippen MR) is 111 cm³/mol. The molecule has 144 valence electrons. The number of aldehydes is 1. The van der Waals surface area contributed by atoms with Crippen LogP contribution in [0.5, 0.6) is 0 Å². The van der Waals surface area contributed by atoms with Crippen molar-refractivity contribution < 1.29 is 9.18 Å². The lowest BCUT2D eigenvalue weighted by molar-refractivity contribution is 0.112. The summed E-state index contributed by atoms with van der Waals surface area (Å²) in [5.74, 6) is 0.902. The first kappa shape index (κ1) is 22.2. The SMILES string of the molecule is CC.Cc1ccc(N(C)CCCF)nc1.O=Cc1cnc2ccccc2c1. The molecule has 0 aliphatic rings. The molecule has 3 aromatic rings. The molecule has 0 atom stereocenters. The van der Waals surface area contributed by atoms with Gasteiger partial charge in [-0.3, -0.25) is 14.2 Å². The number of benzene rings is 1. The number of hydrogen-bond donors (Lipinski definition) is 0. The molecule has 0 saturated carbocycles. The van der Waals surface area contributed by atoms with E-state index in [2.05, 4.69) is 9.97 Å². The Morgan fingerprint density at radius 1 is 1.07 bits per heavy atom. The van der Waals surface area contributed by atoms with E-state index in [9.17, 15) is 9.18 Å². The topological polar surface area (TPSA) is 46.1 Å². The Kier molecular flexibility index (Phi) is 10.3. The van der Waals surface area contributed by atoms with Crippen LogP contribution in [0.15, 0.2) is 54.9 Å². The number of nitrogens with zero attached hydrogens (tertiary/aromatic N) is 3. The van der Waals surface area contributed by atoms with E-state index >= 15 is 0 Å². The van der Waals surface area contributed by atoms with Gasteiger partial charge in [-0.2, -0.15) is 0 Å². The minimum Gasteiger partial charge on any atom is -0.360 e. The Morgan fingerprint density at radius 3 is 2.44 bits per heavy atom. The number of carbonyl (C=O) groups excluding carboxylic acids is 1. The Labute approximate surface area is 161 Å². The summed E-state index contributed by atoms with van der Waals surface area (Å²) < 4.78 is 11.9. The van der Waals surface area contributed by atoms with Crippen molar-refractivity contribution in [2.24, 2.45) is 0 Å². The monoisotopic (exact) mass is 369 g/mol. The van der Waals surface area contributed by atoms with E-state index in [0.29, 0.717) is 18.5 Å². The first-order chi connectivity index (χ1) is 13.1. The second kappa shape index (κ2) is 12.5. The van der Waals surface area contributed by atoms with Crippen molar-refractivity contribution in [3.8, 4) is 0 Å². The molecule has 0 fully saturated rings. The lowest BCUT2D eigenvalue weighted by Gasteiger charge is -2.16. The maximum absolute atomic E-state index is 11.9. The van der Waals surface area contributed by atoms with Gasteiger partial charge in [0.2, 0.25) is 0 Å². The summed E-state index contributed by atoms with van der Waals surface area (Å²) in [6, 6.07) is 13.5. The van der Waals surface area contributed by atoms with E-state index in [1.54, 1.807) is 6.20 Å². The highest BCUT2D eigenvalue weighted by Crippen LogP contribution is 2.11. The summed E-state index contributed by atoms with van der Waals surface area (Å²) in [5, 5.41) is 1.00. The van der Waals surface area contributed by atoms with Gasteiger partial charge in [-0.05, 0) is 37.1 Å². The fourth-order valence-corrected chi connectivity index (χ4v) is 2.25. The quantitative estimate of drug-likeness (QED) is 0.576. The molecule has 0 N–H and O–H groups in total. The molecule has 4 nitrogen and oxygen atoms in total. The van der Waals surface area contributed by atoms with Crippen molar-refractivity contribution >= 4 is 23.0 Å². The highest BCUT2D eigenvalue weighted by molar-refractivity contribution is 5.85. The fourth-order valence-electron chi connectivity index (χ4n) is 2.25. The molecule has 2 heterocycles. The number of fused-ring (bicyclic) bond motifs is 1. The third-order valence-electron chi connectivity index (χ3n) is 3.66. The highest BCUT2D eigenvalue weighted by atomic mass is 19.1. The van der Waals surface area contributed by atoms with Gasteiger partial charge in [-0.25, -0.2) is 4.98 Å². The first-order valence-corrected chi connectivity index (χ1v) is 9.14. The predicted octanol–water partition coefficient (Wildman–Crippen LogP) is 5.26. The fraction of sp³-hybridized carbons (Fsp3) is 0.318. The molecule has 0 amide bonds. The Morgan fingerprint density at radius 2 is 1.81 bits per heavy atom. The molecule has 0 bridgehead atoms. The second-order valence-corrected chi connectivity index (χ2v) is 5.74. The number of aryl methyl sites for hydroxylation is 1. The minimum atomic E-state index is -0.268. The summed E-state index contributed by atoms with van der Waals surface area (Å²) in [6.45, 7) is 6.45. The Bertz CT molecular complexity index is 806. The number of anilines is 1. The van der Waals surface area contributed by atoms with Crippen LogP contribution in [-0.4, -0.2) is 36.5 Å². The average molecular weight is 369 g/mol. The number of carbonyl (C=O) groups is 1. The number of alkyl halides is 1. The van der Waals surface area contributed by atoms with Crippen molar-refractivity contribution in [3.05, 3.63) is 66.0 Å². The van der Waals surface area contributed by atoms with Gasteiger partial charge in [0.05, 0.1) is 12.2 Å². The van der Waals surface area contributed by atoms with E-state index in [4.69, 9.17) is 0 Å². The van der Waals surface area contributed by atoms with E-state index in [-0.39, 0.29) is 6.67 Å². The summed E-state index contributed by atoms with van der Waals surface area (Å²) in [7, 11) is 1.92. The molecule has 5 heteroatoms. The molecule has 27 heavy (non-hydrogen) atoms.